The van der Waals surface area contributed by atoms with Crippen molar-refractivity contribution in [3.05, 3.63) is 34.6 Å². The molecular formula is C16H14BrF3N6O. The van der Waals surface area contributed by atoms with Crippen LogP contribution in [-0.4, -0.2) is 46.3 Å². The number of piperazine rings is 1. The average Bonchev–Trinajstić information content (AvgIpc) is 3.15. The second kappa shape index (κ2) is 6.63. The fraction of sp³-hybridized carbons (Fsp3) is 0.375. The Morgan fingerprint density at radius 3 is 2.48 bits per heavy atom. The number of nitrogens with zero attached hydrogens (tertiary/aromatic N) is 6. The molecule has 0 atom stereocenters. The molecule has 0 spiro atoms. The van der Waals surface area contributed by atoms with Crippen molar-refractivity contribution >= 4 is 38.6 Å². The lowest BCUT2D eigenvalue weighted by molar-refractivity contribution is -0.0158. The monoisotopic (exact) mass is 442 g/mol. The molecule has 3 aromatic rings. The van der Waals surface area contributed by atoms with Gasteiger partial charge in [0.15, 0.2) is 0 Å². The first-order chi connectivity index (χ1) is 12.8. The van der Waals surface area contributed by atoms with Crippen LogP contribution in [0.4, 0.5) is 24.9 Å². The molecule has 1 aliphatic rings. The fourth-order valence-electron chi connectivity index (χ4n) is 2.97. The van der Waals surface area contributed by atoms with Gasteiger partial charge < -0.3 is 14.3 Å². The van der Waals surface area contributed by atoms with E-state index in [1.807, 2.05) is 4.90 Å². The zero-order valence-corrected chi connectivity index (χ0v) is 15.7. The van der Waals surface area contributed by atoms with E-state index in [-0.39, 0.29) is 5.95 Å². The lowest BCUT2D eigenvalue weighted by Gasteiger charge is -2.35. The van der Waals surface area contributed by atoms with Gasteiger partial charge in [-0.3, -0.25) is 0 Å². The molecule has 1 saturated heterocycles. The molecule has 27 heavy (non-hydrogen) atoms. The van der Waals surface area contributed by atoms with Gasteiger partial charge in [-0.1, -0.05) is 0 Å². The van der Waals surface area contributed by atoms with Crippen LogP contribution in [0.2, 0.25) is 0 Å². The average molecular weight is 443 g/mol. The summed E-state index contributed by atoms with van der Waals surface area (Å²) in [5.74, 6) is -3.69. The maximum atomic E-state index is 14.4. The molecule has 0 unspecified atom stereocenters. The Morgan fingerprint density at radius 2 is 1.81 bits per heavy atom. The predicted octanol–water partition coefficient (Wildman–Crippen LogP) is 3.35. The summed E-state index contributed by atoms with van der Waals surface area (Å²) in [6, 6.07) is 2.96. The largest absolute Gasteiger partial charge is 0.352 e. The van der Waals surface area contributed by atoms with E-state index in [2.05, 4.69) is 40.6 Å². The first kappa shape index (κ1) is 18.0. The highest BCUT2D eigenvalue weighted by Crippen LogP contribution is 2.32. The van der Waals surface area contributed by atoms with Gasteiger partial charge >= 0.3 is 5.92 Å². The van der Waals surface area contributed by atoms with Crippen LogP contribution in [0.3, 0.4) is 0 Å². The van der Waals surface area contributed by atoms with Crippen molar-refractivity contribution in [1.82, 2.24) is 20.1 Å². The van der Waals surface area contributed by atoms with Gasteiger partial charge in [-0.05, 0) is 33.2 Å². The van der Waals surface area contributed by atoms with Crippen LogP contribution < -0.4 is 9.80 Å². The summed E-state index contributed by atoms with van der Waals surface area (Å²) in [6.07, 6.45) is 1.39. The molecule has 4 rings (SSSR count). The first-order valence-corrected chi connectivity index (χ1v) is 8.94. The fourth-order valence-corrected chi connectivity index (χ4v) is 3.40. The standard InChI is InChI=1S/C16H14BrF3N6O/c1-16(19,20)14-23-15(24-27-14)26-6-4-25(5-7-26)13-11-10(18)3-2-9(17)12(11)21-8-22-13/h2-3,8H,4-7H2,1H3. The topological polar surface area (TPSA) is 71.2 Å². The van der Waals surface area contributed by atoms with Crippen molar-refractivity contribution in [1.29, 1.82) is 0 Å². The summed E-state index contributed by atoms with van der Waals surface area (Å²) >= 11 is 3.38. The molecule has 142 valence electrons. The van der Waals surface area contributed by atoms with E-state index in [1.54, 1.807) is 11.0 Å². The molecule has 11 heteroatoms. The van der Waals surface area contributed by atoms with Gasteiger partial charge in [0.05, 0.1) is 10.9 Å². The van der Waals surface area contributed by atoms with Gasteiger partial charge in [-0.15, -0.1) is 0 Å². The summed E-state index contributed by atoms with van der Waals surface area (Å²) in [4.78, 5) is 15.8. The zero-order valence-electron chi connectivity index (χ0n) is 14.2. The molecule has 1 aromatic carbocycles. The minimum absolute atomic E-state index is 0.118. The van der Waals surface area contributed by atoms with E-state index in [0.29, 0.717) is 54.3 Å². The molecule has 2 aromatic heterocycles. The third kappa shape index (κ3) is 3.31. The molecule has 1 fully saturated rings. The molecule has 1 aliphatic heterocycles. The Hall–Kier alpha value is -2.43. The number of alkyl halides is 2. The number of rotatable bonds is 3. The molecule has 0 radical (unpaired) electrons. The third-order valence-corrected chi connectivity index (χ3v) is 4.96. The number of aromatic nitrogens is 4. The van der Waals surface area contributed by atoms with E-state index in [1.165, 1.54) is 12.4 Å². The van der Waals surface area contributed by atoms with E-state index in [4.69, 9.17) is 0 Å². The molecular weight excluding hydrogens is 429 g/mol. The minimum Gasteiger partial charge on any atom is -0.352 e. The van der Waals surface area contributed by atoms with E-state index >= 15 is 0 Å². The van der Waals surface area contributed by atoms with Crippen LogP contribution in [-0.2, 0) is 5.92 Å². The number of hydrogen-bond donors (Lipinski definition) is 0. The molecule has 0 amide bonds. The second-order valence-corrected chi connectivity index (χ2v) is 7.07. The predicted molar refractivity (Wildman–Crippen MR) is 95.5 cm³/mol. The summed E-state index contributed by atoms with van der Waals surface area (Å²) in [7, 11) is 0. The first-order valence-electron chi connectivity index (χ1n) is 8.15. The molecule has 3 heterocycles. The molecule has 0 aliphatic carbocycles. The quantitative estimate of drug-likeness (QED) is 0.615. The lowest BCUT2D eigenvalue weighted by atomic mass is 10.2. The Morgan fingerprint density at radius 1 is 1.11 bits per heavy atom. The van der Waals surface area contributed by atoms with Crippen molar-refractivity contribution in [2.24, 2.45) is 0 Å². The van der Waals surface area contributed by atoms with Crippen molar-refractivity contribution in [3.63, 3.8) is 0 Å². The van der Waals surface area contributed by atoms with Crippen molar-refractivity contribution < 1.29 is 17.7 Å². The lowest BCUT2D eigenvalue weighted by Crippen LogP contribution is -2.47. The second-order valence-electron chi connectivity index (χ2n) is 6.21. The molecule has 0 bridgehead atoms. The van der Waals surface area contributed by atoms with Crippen molar-refractivity contribution in [3.8, 4) is 0 Å². The molecule has 7 nitrogen and oxygen atoms in total. The number of anilines is 2. The van der Waals surface area contributed by atoms with Gasteiger partial charge in [-0.2, -0.15) is 13.8 Å². The molecule has 0 saturated carbocycles. The maximum absolute atomic E-state index is 14.4. The van der Waals surface area contributed by atoms with Crippen molar-refractivity contribution in [2.45, 2.75) is 12.8 Å². The smallest absolute Gasteiger partial charge is 0.322 e. The van der Waals surface area contributed by atoms with Crippen LogP contribution in [0, 0.1) is 5.82 Å². The Labute approximate surface area is 160 Å². The van der Waals surface area contributed by atoms with E-state index in [0.717, 1.165) is 0 Å². The number of fused-ring (bicyclic) bond motifs is 1. The highest BCUT2D eigenvalue weighted by atomic mass is 79.9. The Balaban J connectivity index is 1.56. The number of benzene rings is 1. The van der Waals surface area contributed by atoms with Crippen LogP contribution in [0.5, 0.6) is 0 Å². The van der Waals surface area contributed by atoms with Gasteiger partial charge in [-0.25, -0.2) is 14.4 Å². The Kier molecular flexibility index (Phi) is 4.41. The zero-order chi connectivity index (χ0) is 19.2. The normalized spacial score (nSPS) is 15.6. The Bertz CT molecular complexity index is 984. The minimum atomic E-state index is -3.18. The highest BCUT2D eigenvalue weighted by molar-refractivity contribution is 9.10. The van der Waals surface area contributed by atoms with Crippen LogP contribution in [0.1, 0.15) is 12.8 Å². The van der Waals surface area contributed by atoms with E-state index < -0.39 is 17.6 Å². The van der Waals surface area contributed by atoms with Crippen LogP contribution in [0.15, 0.2) is 27.5 Å². The SMILES string of the molecule is CC(F)(F)c1nc(N2CCN(c3ncnc4c(Br)ccc(F)c34)CC2)no1. The van der Waals surface area contributed by atoms with Gasteiger partial charge in [0.2, 0.25) is 0 Å². The third-order valence-electron chi connectivity index (χ3n) is 4.32. The van der Waals surface area contributed by atoms with Crippen LogP contribution in [0.25, 0.3) is 10.9 Å². The maximum Gasteiger partial charge on any atom is 0.322 e. The van der Waals surface area contributed by atoms with E-state index in [9.17, 15) is 13.2 Å². The summed E-state index contributed by atoms with van der Waals surface area (Å²) in [5.41, 5.74) is 0.496. The summed E-state index contributed by atoms with van der Waals surface area (Å²) < 4.78 is 46.2. The number of halogens is 4. The van der Waals surface area contributed by atoms with Gasteiger partial charge in [0.1, 0.15) is 18.0 Å². The van der Waals surface area contributed by atoms with Gasteiger partial charge in [0, 0.05) is 37.6 Å². The summed E-state index contributed by atoms with van der Waals surface area (Å²) in [6.45, 7) is 2.59. The highest BCUT2D eigenvalue weighted by Gasteiger charge is 2.33. The molecule has 0 N–H and O–H groups in total. The van der Waals surface area contributed by atoms with Crippen molar-refractivity contribution in [2.75, 3.05) is 36.0 Å². The number of hydrogen-bond acceptors (Lipinski definition) is 7. The summed E-state index contributed by atoms with van der Waals surface area (Å²) in [5, 5.41) is 3.97. The van der Waals surface area contributed by atoms with Crippen LogP contribution >= 0.6 is 15.9 Å². The van der Waals surface area contributed by atoms with Gasteiger partial charge in [0.25, 0.3) is 11.8 Å².